The van der Waals surface area contributed by atoms with Gasteiger partial charge < -0.3 is 10.2 Å². The molecule has 2 rings (SSSR count). The van der Waals surface area contributed by atoms with Crippen LogP contribution in [0.2, 0.25) is 0 Å². The van der Waals surface area contributed by atoms with Gasteiger partial charge in [0, 0.05) is 12.1 Å². The molecule has 1 aliphatic heterocycles. The van der Waals surface area contributed by atoms with Crippen molar-refractivity contribution in [1.82, 2.24) is 10.2 Å². The van der Waals surface area contributed by atoms with Crippen LogP contribution in [-0.2, 0) is 0 Å². The first kappa shape index (κ1) is 16.1. The van der Waals surface area contributed by atoms with Gasteiger partial charge in [-0.3, -0.25) is 0 Å². The summed E-state index contributed by atoms with van der Waals surface area (Å²) < 4.78 is 39.3. The van der Waals surface area contributed by atoms with Crippen LogP contribution >= 0.6 is 0 Å². The maximum atomic E-state index is 13.1. The second kappa shape index (κ2) is 7.12. The molecule has 1 heterocycles. The molecule has 0 aromatic heterocycles. The fraction of sp³-hybridized carbons (Fsp3) is 1.00. The lowest BCUT2D eigenvalue weighted by Gasteiger charge is -2.36. The Hall–Kier alpha value is -0.290. The number of alkyl halides is 3. The Morgan fingerprint density at radius 1 is 1.00 bits per heavy atom. The average molecular weight is 292 g/mol. The fourth-order valence-corrected chi connectivity index (χ4v) is 3.66. The number of halogens is 3. The van der Waals surface area contributed by atoms with E-state index in [-0.39, 0.29) is 12.1 Å². The fourth-order valence-electron chi connectivity index (χ4n) is 3.66. The molecular formula is C15H27F3N2. The van der Waals surface area contributed by atoms with Crippen LogP contribution in [0.15, 0.2) is 0 Å². The minimum absolute atomic E-state index is 0.263. The van der Waals surface area contributed by atoms with E-state index in [1.165, 1.54) is 0 Å². The van der Waals surface area contributed by atoms with Crippen LogP contribution < -0.4 is 5.32 Å². The van der Waals surface area contributed by atoms with E-state index < -0.39 is 12.1 Å². The Morgan fingerprint density at radius 3 is 2.45 bits per heavy atom. The van der Waals surface area contributed by atoms with E-state index in [0.29, 0.717) is 12.8 Å². The zero-order valence-electron chi connectivity index (χ0n) is 12.4. The third-order valence-electron chi connectivity index (χ3n) is 4.90. The van der Waals surface area contributed by atoms with Crippen molar-refractivity contribution >= 4 is 0 Å². The van der Waals surface area contributed by atoms with Gasteiger partial charge in [-0.05, 0) is 51.7 Å². The number of nitrogens with one attached hydrogen (secondary N) is 1. The number of rotatable bonds is 3. The van der Waals surface area contributed by atoms with Gasteiger partial charge in [0.05, 0.1) is 5.92 Å². The molecule has 0 radical (unpaired) electrons. The van der Waals surface area contributed by atoms with Crippen molar-refractivity contribution in [1.29, 1.82) is 0 Å². The molecule has 1 aliphatic carbocycles. The molecular weight excluding hydrogens is 265 g/mol. The first-order valence-corrected chi connectivity index (χ1v) is 8.06. The van der Waals surface area contributed by atoms with E-state index in [1.807, 2.05) is 0 Å². The Morgan fingerprint density at radius 2 is 1.75 bits per heavy atom. The summed E-state index contributed by atoms with van der Waals surface area (Å²) in [4.78, 5) is 2.39. The average Bonchev–Trinajstić information content (AvgIpc) is 2.63. The normalized spacial score (nSPS) is 33.9. The molecule has 5 heteroatoms. The van der Waals surface area contributed by atoms with Crippen LogP contribution in [0, 0.1) is 5.92 Å². The van der Waals surface area contributed by atoms with Crippen LogP contribution in [-0.4, -0.2) is 42.8 Å². The lowest BCUT2D eigenvalue weighted by atomic mass is 9.83. The van der Waals surface area contributed by atoms with Crippen molar-refractivity contribution < 1.29 is 13.2 Å². The highest BCUT2D eigenvalue weighted by atomic mass is 19.4. The molecule has 118 valence electrons. The predicted molar refractivity (Wildman–Crippen MR) is 74.7 cm³/mol. The van der Waals surface area contributed by atoms with E-state index in [9.17, 15) is 13.2 Å². The quantitative estimate of drug-likeness (QED) is 0.855. The van der Waals surface area contributed by atoms with Crippen LogP contribution in [0.25, 0.3) is 0 Å². The van der Waals surface area contributed by atoms with Gasteiger partial charge in [0.15, 0.2) is 0 Å². The Kier molecular flexibility index (Phi) is 5.73. The van der Waals surface area contributed by atoms with Gasteiger partial charge in [-0.1, -0.05) is 19.8 Å². The van der Waals surface area contributed by atoms with Gasteiger partial charge >= 0.3 is 6.18 Å². The van der Waals surface area contributed by atoms with Crippen molar-refractivity contribution in [3.63, 3.8) is 0 Å². The molecule has 2 aliphatic rings. The first-order valence-electron chi connectivity index (χ1n) is 8.06. The molecule has 3 unspecified atom stereocenters. The molecule has 1 saturated heterocycles. The summed E-state index contributed by atoms with van der Waals surface area (Å²) >= 11 is 0. The maximum Gasteiger partial charge on any atom is 0.393 e. The summed E-state index contributed by atoms with van der Waals surface area (Å²) in [6.45, 7) is 5.29. The van der Waals surface area contributed by atoms with Crippen molar-refractivity contribution in [2.45, 2.75) is 70.1 Å². The SMILES string of the molecule is CCN1CCCC(NC2CCCCC2C(F)(F)F)CC1. The van der Waals surface area contributed by atoms with E-state index >= 15 is 0 Å². The Balaban J connectivity index is 1.90. The monoisotopic (exact) mass is 292 g/mol. The van der Waals surface area contributed by atoms with Gasteiger partial charge in [0.2, 0.25) is 0 Å². The van der Waals surface area contributed by atoms with Crippen LogP contribution in [0.5, 0.6) is 0 Å². The number of hydrogen-bond donors (Lipinski definition) is 1. The summed E-state index contributed by atoms with van der Waals surface area (Å²) in [7, 11) is 0. The molecule has 1 N–H and O–H groups in total. The molecule has 20 heavy (non-hydrogen) atoms. The third kappa shape index (κ3) is 4.35. The highest BCUT2D eigenvalue weighted by Gasteiger charge is 2.45. The van der Waals surface area contributed by atoms with Crippen LogP contribution in [0.3, 0.4) is 0 Å². The predicted octanol–water partition coefficient (Wildman–Crippen LogP) is 3.57. The molecule has 2 fully saturated rings. The minimum atomic E-state index is -4.04. The number of hydrogen-bond acceptors (Lipinski definition) is 2. The third-order valence-corrected chi connectivity index (χ3v) is 4.90. The Labute approximate surface area is 120 Å². The smallest absolute Gasteiger partial charge is 0.311 e. The summed E-state index contributed by atoms with van der Waals surface area (Å²) in [5, 5.41) is 3.35. The summed E-state index contributed by atoms with van der Waals surface area (Å²) in [5.74, 6) is -1.14. The molecule has 0 bridgehead atoms. The van der Waals surface area contributed by atoms with Gasteiger partial charge in [0.25, 0.3) is 0 Å². The van der Waals surface area contributed by atoms with E-state index in [1.54, 1.807) is 0 Å². The second-order valence-corrected chi connectivity index (χ2v) is 6.27. The summed E-state index contributed by atoms with van der Waals surface area (Å²) in [6.07, 6.45) is 1.67. The summed E-state index contributed by atoms with van der Waals surface area (Å²) in [6, 6.07) is -0.0959. The van der Waals surface area contributed by atoms with E-state index in [2.05, 4.69) is 17.1 Å². The lowest BCUT2D eigenvalue weighted by molar-refractivity contribution is -0.189. The largest absolute Gasteiger partial charge is 0.393 e. The van der Waals surface area contributed by atoms with Gasteiger partial charge in [-0.15, -0.1) is 0 Å². The zero-order chi connectivity index (χ0) is 14.6. The van der Waals surface area contributed by atoms with Crippen molar-refractivity contribution in [3.8, 4) is 0 Å². The van der Waals surface area contributed by atoms with Gasteiger partial charge in [-0.25, -0.2) is 0 Å². The van der Waals surface area contributed by atoms with E-state index in [0.717, 1.165) is 51.7 Å². The first-order chi connectivity index (χ1) is 9.50. The molecule has 0 amide bonds. The van der Waals surface area contributed by atoms with Gasteiger partial charge in [0.1, 0.15) is 0 Å². The molecule has 3 atom stereocenters. The molecule has 1 saturated carbocycles. The van der Waals surface area contributed by atoms with Crippen molar-refractivity contribution in [2.24, 2.45) is 5.92 Å². The Bertz CT molecular complexity index is 293. The number of nitrogens with zero attached hydrogens (tertiary/aromatic N) is 1. The van der Waals surface area contributed by atoms with Crippen LogP contribution in [0.1, 0.15) is 51.9 Å². The topological polar surface area (TPSA) is 15.3 Å². The molecule has 0 aromatic carbocycles. The summed E-state index contributed by atoms with van der Waals surface area (Å²) in [5.41, 5.74) is 0. The molecule has 2 nitrogen and oxygen atoms in total. The zero-order valence-corrected chi connectivity index (χ0v) is 12.4. The molecule has 0 aromatic rings. The highest BCUT2D eigenvalue weighted by molar-refractivity contribution is 4.88. The van der Waals surface area contributed by atoms with Crippen molar-refractivity contribution in [3.05, 3.63) is 0 Å². The van der Waals surface area contributed by atoms with E-state index in [4.69, 9.17) is 0 Å². The second-order valence-electron chi connectivity index (χ2n) is 6.27. The van der Waals surface area contributed by atoms with Crippen molar-refractivity contribution in [2.75, 3.05) is 19.6 Å². The minimum Gasteiger partial charge on any atom is -0.311 e. The lowest BCUT2D eigenvalue weighted by Crippen LogP contribution is -2.49. The highest BCUT2D eigenvalue weighted by Crippen LogP contribution is 2.38. The molecule has 0 spiro atoms. The number of likely N-dealkylation sites (tertiary alicyclic amines) is 1. The van der Waals surface area contributed by atoms with Crippen LogP contribution in [0.4, 0.5) is 13.2 Å². The standard InChI is InChI=1S/C15H27F3N2/c1-2-20-10-5-6-12(9-11-20)19-14-8-4-3-7-13(14)15(16,17)18/h12-14,19H,2-11H2,1H3. The maximum absolute atomic E-state index is 13.1. The van der Waals surface area contributed by atoms with Gasteiger partial charge in [-0.2, -0.15) is 13.2 Å².